The molecule has 0 aromatic carbocycles. The Bertz CT molecular complexity index is 167. The highest BCUT2D eigenvalue weighted by Gasteiger charge is 2.20. The van der Waals surface area contributed by atoms with Gasteiger partial charge in [0.2, 0.25) is 0 Å². The lowest BCUT2D eigenvalue weighted by atomic mass is 9.94. The van der Waals surface area contributed by atoms with Crippen LogP contribution in [0.3, 0.4) is 0 Å². The van der Waals surface area contributed by atoms with E-state index in [0.29, 0.717) is 0 Å². The van der Waals surface area contributed by atoms with Gasteiger partial charge in [0.25, 0.3) is 0 Å². The Morgan fingerprint density at radius 3 is 2.50 bits per heavy atom. The highest BCUT2D eigenvalue weighted by atomic mass is 16.5. The van der Waals surface area contributed by atoms with Gasteiger partial charge in [-0.05, 0) is 32.8 Å². The average molecular weight is 170 g/mol. The van der Waals surface area contributed by atoms with Crippen molar-refractivity contribution >= 4 is 6.29 Å². The third kappa shape index (κ3) is 3.67. The molecule has 0 aliphatic rings. The summed E-state index contributed by atoms with van der Waals surface area (Å²) in [4.78, 5) is 10.2. The minimum Gasteiger partial charge on any atom is -0.378 e. The number of methoxy groups -OCH3 is 1. The van der Waals surface area contributed by atoms with E-state index in [4.69, 9.17) is 4.74 Å². The fourth-order valence-corrected chi connectivity index (χ4v) is 1.11. The minimum absolute atomic E-state index is 0.121. The van der Waals surface area contributed by atoms with Gasteiger partial charge < -0.3 is 4.74 Å². The Morgan fingerprint density at radius 2 is 2.17 bits per heavy atom. The number of aldehydes is 1. The summed E-state index contributed by atoms with van der Waals surface area (Å²) in [7, 11) is 1.71. The molecule has 0 spiro atoms. The Labute approximate surface area is 74.6 Å². The topological polar surface area (TPSA) is 26.3 Å². The van der Waals surface area contributed by atoms with Gasteiger partial charge in [-0.2, -0.15) is 0 Å². The van der Waals surface area contributed by atoms with Crippen molar-refractivity contribution in [2.75, 3.05) is 7.11 Å². The van der Waals surface area contributed by atoms with Gasteiger partial charge >= 0.3 is 0 Å². The van der Waals surface area contributed by atoms with Crippen molar-refractivity contribution in [3.63, 3.8) is 0 Å². The van der Waals surface area contributed by atoms with Gasteiger partial charge in [-0.3, -0.25) is 4.79 Å². The molecule has 0 saturated carbocycles. The molecule has 0 heterocycles. The van der Waals surface area contributed by atoms with E-state index >= 15 is 0 Å². The van der Waals surface area contributed by atoms with E-state index in [-0.39, 0.29) is 5.60 Å². The molecule has 0 saturated heterocycles. The molecular formula is C10H18O2. The summed E-state index contributed by atoms with van der Waals surface area (Å²) in [6, 6.07) is 0. The van der Waals surface area contributed by atoms with Crippen molar-refractivity contribution in [3.8, 4) is 0 Å². The second-order valence-corrected chi connectivity index (χ2v) is 3.33. The molecule has 0 N–H and O–H groups in total. The molecule has 0 bridgehead atoms. The van der Waals surface area contributed by atoms with Crippen LogP contribution in [0.2, 0.25) is 0 Å². The molecule has 0 aromatic rings. The Kier molecular flexibility index (Phi) is 4.83. The van der Waals surface area contributed by atoms with Gasteiger partial charge in [-0.15, -0.1) is 0 Å². The lowest BCUT2D eigenvalue weighted by molar-refractivity contribution is -0.104. The normalized spacial score (nSPS) is 17.2. The Morgan fingerprint density at radius 1 is 1.58 bits per heavy atom. The SMILES string of the molecule is CCC(C)(C/C(C)=C/C=O)OC. The van der Waals surface area contributed by atoms with E-state index < -0.39 is 0 Å². The predicted octanol–water partition coefficient (Wildman–Crippen LogP) is 2.34. The maximum Gasteiger partial charge on any atom is 0.142 e. The summed E-state index contributed by atoms with van der Waals surface area (Å²) in [5, 5.41) is 0. The molecule has 0 radical (unpaired) electrons. The molecular weight excluding hydrogens is 152 g/mol. The molecule has 2 nitrogen and oxygen atoms in total. The van der Waals surface area contributed by atoms with Crippen LogP contribution in [-0.4, -0.2) is 19.0 Å². The number of ether oxygens (including phenoxy) is 1. The van der Waals surface area contributed by atoms with E-state index in [1.54, 1.807) is 13.2 Å². The smallest absolute Gasteiger partial charge is 0.142 e. The van der Waals surface area contributed by atoms with Crippen molar-refractivity contribution in [1.29, 1.82) is 0 Å². The summed E-state index contributed by atoms with van der Waals surface area (Å²) in [5.41, 5.74) is 0.944. The number of rotatable bonds is 5. The maximum absolute atomic E-state index is 10.2. The molecule has 12 heavy (non-hydrogen) atoms. The maximum atomic E-state index is 10.2. The Balaban J connectivity index is 4.20. The molecule has 1 atom stereocenters. The van der Waals surface area contributed by atoms with Crippen LogP contribution in [0.25, 0.3) is 0 Å². The van der Waals surface area contributed by atoms with Crippen LogP contribution in [0.5, 0.6) is 0 Å². The van der Waals surface area contributed by atoms with Crippen molar-refractivity contribution in [2.45, 2.75) is 39.2 Å². The summed E-state index contributed by atoms with van der Waals surface area (Å²) < 4.78 is 5.35. The molecule has 2 heteroatoms. The zero-order valence-corrected chi connectivity index (χ0v) is 8.39. The zero-order chi connectivity index (χ0) is 9.61. The standard InChI is InChI=1S/C10H18O2/c1-5-10(3,12-4)8-9(2)6-7-11/h6-7H,5,8H2,1-4H3/b9-6+. The first-order valence-electron chi connectivity index (χ1n) is 4.24. The first-order valence-corrected chi connectivity index (χ1v) is 4.24. The molecule has 0 rings (SSSR count). The number of carbonyl (C=O) groups is 1. The molecule has 0 aliphatic heterocycles. The van der Waals surface area contributed by atoms with E-state index in [1.807, 2.05) is 6.92 Å². The molecule has 0 fully saturated rings. The number of allylic oxidation sites excluding steroid dienone is 1. The largest absolute Gasteiger partial charge is 0.378 e. The lowest BCUT2D eigenvalue weighted by Gasteiger charge is -2.26. The Hall–Kier alpha value is -0.630. The van der Waals surface area contributed by atoms with Crippen molar-refractivity contribution < 1.29 is 9.53 Å². The fourth-order valence-electron chi connectivity index (χ4n) is 1.11. The van der Waals surface area contributed by atoms with Crippen molar-refractivity contribution in [3.05, 3.63) is 11.6 Å². The number of hydrogen-bond donors (Lipinski definition) is 0. The highest BCUT2D eigenvalue weighted by molar-refractivity contribution is 5.65. The van der Waals surface area contributed by atoms with Gasteiger partial charge in [0.05, 0.1) is 5.60 Å². The molecule has 70 valence electrons. The lowest BCUT2D eigenvalue weighted by Crippen LogP contribution is -2.26. The van der Waals surface area contributed by atoms with Crippen LogP contribution in [0.15, 0.2) is 11.6 Å². The summed E-state index contributed by atoms with van der Waals surface area (Å²) in [6.07, 6.45) is 4.18. The molecule has 0 amide bonds. The van der Waals surface area contributed by atoms with Crippen LogP contribution in [-0.2, 0) is 9.53 Å². The predicted molar refractivity (Wildman–Crippen MR) is 50.1 cm³/mol. The van der Waals surface area contributed by atoms with E-state index in [2.05, 4.69) is 13.8 Å². The number of carbonyl (C=O) groups excluding carboxylic acids is 1. The average Bonchev–Trinajstić information content (AvgIpc) is 2.05. The summed E-state index contributed by atoms with van der Waals surface area (Å²) in [5.74, 6) is 0. The van der Waals surface area contributed by atoms with Gasteiger partial charge in [-0.25, -0.2) is 0 Å². The van der Waals surface area contributed by atoms with Crippen LogP contribution >= 0.6 is 0 Å². The molecule has 1 unspecified atom stereocenters. The molecule has 0 aliphatic carbocycles. The van der Waals surface area contributed by atoms with E-state index in [9.17, 15) is 4.79 Å². The third-order valence-corrected chi connectivity index (χ3v) is 2.25. The van der Waals surface area contributed by atoms with Crippen molar-refractivity contribution in [2.24, 2.45) is 0 Å². The van der Waals surface area contributed by atoms with Crippen LogP contribution in [0.4, 0.5) is 0 Å². The van der Waals surface area contributed by atoms with Crippen LogP contribution in [0, 0.1) is 0 Å². The van der Waals surface area contributed by atoms with E-state index in [0.717, 1.165) is 24.7 Å². The second-order valence-electron chi connectivity index (χ2n) is 3.33. The first-order chi connectivity index (χ1) is 5.58. The van der Waals surface area contributed by atoms with Gasteiger partial charge in [-0.1, -0.05) is 12.5 Å². The van der Waals surface area contributed by atoms with Gasteiger partial charge in [0, 0.05) is 7.11 Å². The minimum atomic E-state index is -0.121. The summed E-state index contributed by atoms with van der Waals surface area (Å²) in [6.45, 7) is 6.08. The highest BCUT2D eigenvalue weighted by Crippen LogP contribution is 2.22. The van der Waals surface area contributed by atoms with Gasteiger partial charge in [0.1, 0.15) is 6.29 Å². The quantitative estimate of drug-likeness (QED) is 0.467. The van der Waals surface area contributed by atoms with Gasteiger partial charge in [0.15, 0.2) is 0 Å². The monoisotopic (exact) mass is 170 g/mol. The number of hydrogen-bond acceptors (Lipinski definition) is 2. The van der Waals surface area contributed by atoms with Crippen LogP contribution < -0.4 is 0 Å². The second kappa shape index (κ2) is 5.09. The zero-order valence-electron chi connectivity index (χ0n) is 8.39. The molecule has 0 aromatic heterocycles. The fraction of sp³-hybridized carbons (Fsp3) is 0.700. The third-order valence-electron chi connectivity index (χ3n) is 2.25. The van der Waals surface area contributed by atoms with Crippen molar-refractivity contribution in [1.82, 2.24) is 0 Å². The van der Waals surface area contributed by atoms with Crippen LogP contribution in [0.1, 0.15) is 33.6 Å². The van der Waals surface area contributed by atoms with E-state index in [1.165, 1.54) is 0 Å². The summed E-state index contributed by atoms with van der Waals surface area (Å²) >= 11 is 0. The first kappa shape index (κ1) is 11.4.